The lowest BCUT2D eigenvalue weighted by Gasteiger charge is -2.29. The molecule has 28 heavy (non-hydrogen) atoms. The second kappa shape index (κ2) is 7.70. The first kappa shape index (κ1) is 18.6. The summed E-state index contributed by atoms with van der Waals surface area (Å²) >= 11 is 3.57. The highest BCUT2D eigenvalue weighted by Gasteiger charge is 2.34. The summed E-state index contributed by atoms with van der Waals surface area (Å²) in [4.78, 5) is 32.5. The molecule has 0 radical (unpaired) electrons. The molecule has 3 aromatic carbocycles. The summed E-state index contributed by atoms with van der Waals surface area (Å²) in [6, 6.07) is 20.0. The summed E-state index contributed by atoms with van der Waals surface area (Å²) in [5.41, 5.74) is 2.94. The van der Waals surface area contributed by atoms with E-state index in [-0.39, 0.29) is 11.6 Å². The first-order chi connectivity index (χ1) is 13.6. The molecule has 4 nitrogen and oxygen atoms in total. The van der Waals surface area contributed by atoms with Crippen LogP contribution in [0.1, 0.15) is 45.2 Å². The number of nitrogens with zero attached hydrogens (tertiary/aromatic N) is 1. The molecule has 4 rings (SSSR count). The Labute approximate surface area is 171 Å². The van der Waals surface area contributed by atoms with Crippen LogP contribution < -0.4 is 5.06 Å². The van der Waals surface area contributed by atoms with Crippen molar-refractivity contribution in [1.82, 2.24) is 0 Å². The van der Waals surface area contributed by atoms with Crippen molar-refractivity contribution in [3.05, 3.63) is 93.5 Å². The van der Waals surface area contributed by atoms with E-state index in [2.05, 4.69) is 15.9 Å². The minimum Gasteiger partial charge on any atom is -0.289 e. The number of carbonyl (C=O) groups is 2. The SMILES string of the molecule is CCCON(c1ccccc1)c1c(Br)ccc2c1C(=O)c1ccccc1C2=O. The number of para-hydroxylation sites is 1. The number of anilines is 2. The standard InChI is InChI=1S/C23H18BrNO3/c1-2-14-28-25(15-8-4-3-5-9-15)21-19(24)13-12-18-20(21)23(27)17-11-7-6-10-16(17)22(18)26/h3-13H,2,14H2,1H3. The van der Waals surface area contributed by atoms with Gasteiger partial charge in [0.25, 0.3) is 0 Å². The third-order valence-corrected chi connectivity index (χ3v) is 5.27. The van der Waals surface area contributed by atoms with E-state index in [1.165, 1.54) is 0 Å². The van der Waals surface area contributed by atoms with Gasteiger partial charge in [-0.25, -0.2) is 5.06 Å². The van der Waals surface area contributed by atoms with Crippen LogP contribution in [0.2, 0.25) is 0 Å². The highest BCUT2D eigenvalue weighted by molar-refractivity contribution is 9.10. The number of hydrogen-bond donors (Lipinski definition) is 0. The summed E-state index contributed by atoms with van der Waals surface area (Å²) < 4.78 is 0.687. The van der Waals surface area contributed by atoms with E-state index in [1.54, 1.807) is 41.5 Å². The molecule has 0 aromatic heterocycles. The normalized spacial score (nSPS) is 12.5. The minimum absolute atomic E-state index is 0.151. The molecule has 140 valence electrons. The van der Waals surface area contributed by atoms with Gasteiger partial charge in [-0.1, -0.05) is 49.4 Å². The van der Waals surface area contributed by atoms with E-state index in [0.29, 0.717) is 39.0 Å². The Morgan fingerprint density at radius 3 is 2.14 bits per heavy atom. The Balaban J connectivity index is 1.95. The van der Waals surface area contributed by atoms with Gasteiger partial charge in [0.05, 0.1) is 23.5 Å². The number of hydrogen-bond acceptors (Lipinski definition) is 4. The van der Waals surface area contributed by atoms with Crippen LogP contribution in [0.25, 0.3) is 0 Å². The molecule has 0 saturated heterocycles. The van der Waals surface area contributed by atoms with Crippen molar-refractivity contribution < 1.29 is 14.4 Å². The number of rotatable bonds is 5. The molecule has 0 fully saturated rings. The first-order valence-corrected chi connectivity index (χ1v) is 9.91. The topological polar surface area (TPSA) is 46.6 Å². The van der Waals surface area contributed by atoms with Gasteiger partial charge in [0.15, 0.2) is 11.6 Å². The fourth-order valence-corrected chi connectivity index (χ4v) is 3.85. The van der Waals surface area contributed by atoms with Crippen LogP contribution in [0.3, 0.4) is 0 Å². The zero-order chi connectivity index (χ0) is 19.7. The lowest BCUT2D eigenvalue weighted by Crippen LogP contribution is -2.27. The van der Waals surface area contributed by atoms with E-state index in [9.17, 15) is 9.59 Å². The number of halogens is 1. The van der Waals surface area contributed by atoms with Gasteiger partial charge in [-0.05, 0) is 46.6 Å². The molecule has 0 saturated carbocycles. The Morgan fingerprint density at radius 1 is 0.821 bits per heavy atom. The molecule has 1 aliphatic rings. The molecular formula is C23H18BrNO3. The maximum Gasteiger partial charge on any atom is 0.196 e. The van der Waals surface area contributed by atoms with Crippen molar-refractivity contribution in [1.29, 1.82) is 0 Å². The Kier molecular flexibility index (Phi) is 5.11. The summed E-state index contributed by atoms with van der Waals surface area (Å²) in [6.07, 6.45) is 0.811. The van der Waals surface area contributed by atoms with Crippen LogP contribution in [0.5, 0.6) is 0 Å². The van der Waals surface area contributed by atoms with Gasteiger partial charge in [0.1, 0.15) is 0 Å². The molecular weight excluding hydrogens is 418 g/mol. The third-order valence-electron chi connectivity index (χ3n) is 4.63. The zero-order valence-electron chi connectivity index (χ0n) is 15.3. The van der Waals surface area contributed by atoms with E-state index in [1.807, 2.05) is 37.3 Å². The average Bonchev–Trinajstić information content (AvgIpc) is 2.74. The predicted molar refractivity (Wildman–Crippen MR) is 112 cm³/mol. The van der Waals surface area contributed by atoms with Gasteiger partial charge in [-0.3, -0.25) is 14.4 Å². The first-order valence-electron chi connectivity index (χ1n) is 9.12. The summed E-state index contributed by atoms with van der Waals surface area (Å²) in [7, 11) is 0. The van der Waals surface area contributed by atoms with Gasteiger partial charge in [-0.15, -0.1) is 0 Å². The van der Waals surface area contributed by atoms with Crippen molar-refractivity contribution in [3.63, 3.8) is 0 Å². The van der Waals surface area contributed by atoms with E-state index in [0.717, 1.165) is 12.1 Å². The second-order valence-electron chi connectivity index (χ2n) is 6.49. The molecule has 0 heterocycles. The molecule has 0 amide bonds. The second-order valence-corrected chi connectivity index (χ2v) is 7.34. The van der Waals surface area contributed by atoms with Crippen LogP contribution in [-0.2, 0) is 4.84 Å². The van der Waals surface area contributed by atoms with Crippen molar-refractivity contribution in [2.45, 2.75) is 13.3 Å². The fourth-order valence-electron chi connectivity index (χ4n) is 3.36. The predicted octanol–water partition coefficient (Wildman–Crippen LogP) is 5.70. The quantitative estimate of drug-likeness (QED) is 0.377. The Bertz CT molecular complexity index is 1060. The molecule has 0 atom stereocenters. The molecule has 3 aromatic rings. The van der Waals surface area contributed by atoms with Crippen LogP contribution in [0.15, 0.2) is 71.2 Å². The molecule has 0 unspecified atom stereocenters. The lowest BCUT2D eigenvalue weighted by molar-refractivity contribution is 0.0975. The number of benzene rings is 3. The van der Waals surface area contributed by atoms with Crippen LogP contribution >= 0.6 is 15.9 Å². The zero-order valence-corrected chi connectivity index (χ0v) is 16.9. The van der Waals surface area contributed by atoms with E-state index >= 15 is 0 Å². The maximum absolute atomic E-state index is 13.4. The lowest BCUT2D eigenvalue weighted by atomic mass is 9.83. The van der Waals surface area contributed by atoms with Gasteiger partial charge in [-0.2, -0.15) is 0 Å². The van der Waals surface area contributed by atoms with Gasteiger partial charge in [0.2, 0.25) is 0 Å². The van der Waals surface area contributed by atoms with Crippen molar-refractivity contribution in [2.75, 3.05) is 11.7 Å². The summed E-state index contributed by atoms with van der Waals surface area (Å²) in [6.45, 7) is 2.49. The molecule has 0 aliphatic heterocycles. The smallest absolute Gasteiger partial charge is 0.196 e. The van der Waals surface area contributed by atoms with Crippen LogP contribution in [0, 0.1) is 0 Å². The van der Waals surface area contributed by atoms with Crippen molar-refractivity contribution in [3.8, 4) is 0 Å². The summed E-state index contributed by atoms with van der Waals surface area (Å²) in [5.74, 6) is -0.329. The van der Waals surface area contributed by atoms with Crippen LogP contribution in [-0.4, -0.2) is 18.2 Å². The van der Waals surface area contributed by atoms with E-state index < -0.39 is 0 Å². The maximum atomic E-state index is 13.4. The largest absolute Gasteiger partial charge is 0.289 e. The fraction of sp³-hybridized carbons (Fsp3) is 0.130. The third kappa shape index (κ3) is 3.07. The van der Waals surface area contributed by atoms with Crippen molar-refractivity contribution >= 4 is 38.9 Å². The number of carbonyl (C=O) groups excluding carboxylic acids is 2. The Hall–Kier alpha value is -2.76. The van der Waals surface area contributed by atoms with E-state index in [4.69, 9.17) is 4.84 Å². The average molecular weight is 436 g/mol. The van der Waals surface area contributed by atoms with Gasteiger partial charge < -0.3 is 0 Å². The molecule has 0 bridgehead atoms. The highest BCUT2D eigenvalue weighted by atomic mass is 79.9. The van der Waals surface area contributed by atoms with Crippen LogP contribution in [0.4, 0.5) is 11.4 Å². The minimum atomic E-state index is -0.178. The monoisotopic (exact) mass is 435 g/mol. The molecule has 5 heteroatoms. The van der Waals surface area contributed by atoms with Gasteiger partial charge in [0, 0.05) is 21.2 Å². The molecule has 0 N–H and O–H groups in total. The molecule has 1 aliphatic carbocycles. The van der Waals surface area contributed by atoms with Crippen molar-refractivity contribution in [2.24, 2.45) is 0 Å². The molecule has 0 spiro atoms. The Morgan fingerprint density at radius 2 is 1.46 bits per heavy atom. The van der Waals surface area contributed by atoms with Gasteiger partial charge >= 0.3 is 0 Å². The highest BCUT2D eigenvalue weighted by Crippen LogP contribution is 2.41. The number of fused-ring (bicyclic) bond motifs is 2. The number of ketones is 2. The summed E-state index contributed by atoms with van der Waals surface area (Å²) in [5, 5.41) is 1.64.